The number of hydrogen-bond donors (Lipinski definition) is 0. The summed E-state index contributed by atoms with van der Waals surface area (Å²) in [6.07, 6.45) is 0. The van der Waals surface area contributed by atoms with E-state index < -0.39 is 0 Å². The van der Waals surface area contributed by atoms with Crippen molar-refractivity contribution in [3.8, 4) is 34.3 Å². The minimum absolute atomic E-state index is 0.635. The fourth-order valence-corrected chi connectivity index (χ4v) is 4.62. The van der Waals surface area contributed by atoms with Crippen molar-refractivity contribution in [2.75, 3.05) is 45.7 Å². The van der Waals surface area contributed by atoms with Crippen molar-refractivity contribution < 1.29 is 9.47 Å². The van der Waals surface area contributed by atoms with E-state index in [-0.39, 0.29) is 0 Å². The summed E-state index contributed by atoms with van der Waals surface area (Å²) in [6.45, 7) is 4.49. The molecule has 1 saturated heterocycles. The lowest BCUT2D eigenvalue weighted by atomic mass is 10.0. The van der Waals surface area contributed by atoms with Crippen LogP contribution in [0.25, 0.3) is 22.5 Å². The number of ether oxygens (including phenoxy) is 2. The van der Waals surface area contributed by atoms with Gasteiger partial charge in [0.2, 0.25) is 0 Å². The maximum Gasteiger partial charge on any atom is 0.118 e. The second-order valence-electron chi connectivity index (χ2n) is 7.24. The van der Waals surface area contributed by atoms with Gasteiger partial charge in [-0.25, -0.2) is 4.98 Å². The SMILES string of the molecule is COc1ccc(-c2cc(SCCN3CCOCC3)c(C#N)c(-c3ccccc3)n2)cc1. The number of hydrogen-bond acceptors (Lipinski definition) is 6. The predicted octanol–water partition coefficient (Wildman–Crippen LogP) is 4.72. The van der Waals surface area contributed by atoms with Crippen molar-refractivity contribution in [1.29, 1.82) is 5.26 Å². The summed E-state index contributed by atoms with van der Waals surface area (Å²) < 4.78 is 10.7. The topological polar surface area (TPSA) is 58.4 Å². The van der Waals surface area contributed by atoms with Crippen molar-refractivity contribution in [3.63, 3.8) is 0 Å². The molecule has 3 aromatic rings. The molecule has 1 fully saturated rings. The van der Waals surface area contributed by atoms with Crippen LogP contribution in [-0.4, -0.2) is 55.6 Å². The third-order valence-corrected chi connectivity index (χ3v) is 6.32. The van der Waals surface area contributed by atoms with E-state index >= 15 is 0 Å². The molecule has 0 saturated carbocycles. The molecule has 31 heavy (non-hydrogen) atoms. The molecule has 5 nitrogen and oxygen atoms in total. The van der Waals surface area contributed by atoms with Crippen LogP contribution >= 0.6 is 11.8 Å². The average molecular weight is 432 g/mol. The molecule has 0 spiro atoms. The third-order valence-electron chi connectivity index (χ3n) is 5.30. The Morgan fingerprint density at radius 2 is 1.81 bits per heavy atom. The third kappa shape index (κ3) is 5.26. The first-order chi connectivity index (χ1) is 15.3. The maximum absolute atomic E-state index is 9.99. The first-order valence-electron chi connectivity index (χ1n) is 10.4. The lowest BCUT2D eigenvalue weighted by Crippen LogP contribution is -2.37. The van der Waals surface area contributed by atoms with Crippen LogP contribution < -0.4 is 4.74 Å². The molecule has 0 atom stereocenters. The molecule has 1 aromatic heterocycles. The fraction of sp³-hybridized carbons (Fsp3) is 0.280. The van der Waals surface area contributed by atoms with Gasteiger partial charge in [-0.2, -0.15) is 5.26 Å². The van der Waals surface area contributed by atoms with E-state index in [9.17, 15) is 5.26 Å². The number of nitriles is 1. The van der Waals surface area contributed by atoms with Crippen molar-refractivity contribution >= 4 is 11.8 Å². The van der Waals surface area contributed by atoms with E-state index in [0.717, 1.165) is 71.8 Å². The second kappa shape index (κ2) is 10.5. The Bertz CT molecular complexity index is 1040. The zero-order valence-corrected chi connectivity index (χ0v) is 18.4. The molecular formula is C25H25N3O2S. The fourth-order valence-electron chi connectivity index (χ4n) is 3.57. The van der Waals surface area contributed by atoms with Crippen molar-refractivity contribution in [2.45, 2.75) is 4.90 Å². The molecule has 0 aliphatic carbocycles. The van der Waals surface area contributed by atoms with E-state index in [4.69, 9.17) is 14.5 Å². The molecule has 0 radical (unpaired) electrons. The van der Waals surface area contributed by atoms with Gasteiger partial charge in [0.05, 0.1) is 37.3 Å². The van der Waals surface area contributed by atoms with Crippen LogP contribution in [0.4, 0.5) is 0 Å². The van der Waals surface area contributed by atoms with Crippen LogP contribution in [0.15, 0.2) is 65.6 Å². The number of methoxy groups -OCH3 is 1. The molecule has 2 aromatic carbocycles. The summed E-state index contributed by atoms with van der Waals surface area (Å²) in [5, 5.41) is 9.99. The largest absolute Gasteiger partial charge is 0.497 e. The van der Waals surface area contributed by atoms with Gasteiger partial charge in [0.25, 0.3) is 0 Å². The highest BCUT2D eigenvalue weighted by Crippen LogP contribution is 2.34. The number of thioether (sulfide) groups is 1. The lowest BCUT2D eigenvalue weighted by molar-refractivity contribution is 0.0410. The van der Waals surface area contributed by atoms with E-state index in [1.165, 1.54) is 0 Å². The Hall–Kier alpha value is -2.85. The molecule has 158 valence electrons. The standard InChI is InChI=1S/C25H25N3O2S/c1-29-21-9-7-19(8-10-21)23-17-24(31-16-13-28-11-14-30-15-12-28)22(18-26)25(27-23)20-5-3-2-4-6-20/h2-10,17H,11-16H2,1H3. The molecule has 4 rings (SSSR count). The normalized spacial score (nSPS) is 14.2. The monoisotopic (exact) mass is 431 g/mol. The molecule has 0 unspecified atom stereocenters. The summed E-state index contributed by atoms with van der Waals surface area (Å²) in [7, 11) is 1.66. The van der Waals surface area contributed by atoms with Gasteiger partial charge < -0.3 is 9.47 Å². The average Bonchev–Trinajstić information content (AvgIpc) is 2.85. The van der Waals surface area contributed by atoms with Gasteiger partial charge in [-0.1, -0.05) is 30.3 Å². The zero-order valence-electron chi connectivity index (χ0n) is 17.6. The van der Waals surface area contributed by atoms with E-state index in [0.29, 0.717) is 5.56 Å². The molecule has 1 aliphatic rings. The maximum atomic E-state index is 9.99. The number of benzene rings is 2. The van der Waals surface area contributed by atoms with Gasteiger partial charge >= 0.3 is 0 Å². The van der Waals surface area contributed by atoms with Crippen LogP contribution in [0, 0.1) is 11.3 Å². The van der Waals surface area contributed by atoms with Crippen molar-refractivity contribution in [1.82, 2.24) is 9.88 Å². The summed E-state index contributed by atoms with van der Waals surface area (Å²) >= 11 is 1.72. The van der Waals surface area contributed by atoms with Gasteiger partial charge in [0.1, 0.15) is 11.8 Å². The van der Waals surface area contributed by atoms with E-state index in [1.54, 1.807) is 18.9 Å². The smallest absolute Gasteiger partial charge is 0.118 e. The highest BCUT2D eigenvalue weighted by atomic mass is 32.2. The summed E-state index contributed by atoms with van der Waals surface area (Å²) in [5.41, 5.74) is 4.16. The summed E-state index contributed by atoms with van der Waals surface area (Å²) in [6, 6.07) is 22.3. The van der Waals surface area contributed by atoms with Crippen LogP contribution in [0.1, 0.15) is 5.56 Å². The molecule has 0 bridgehead atoms. The second-order valence-corrected chi connectivity index (χ2v) is 8.37. The van der Waals surface area contributed by atoms with Crippen LogP contribution in [-0.2, 0) is 4.74 Å². The van der Waals surface area contributed by atoms with Gasteiger partial charge in [-0.15, -0.1) is 11.8 Å². The summed E-state index contributed by atoms with van der Waals surface area (Å²) in [5.74, 6) is 1.72. The number of rotatable bonds is 7. The van der Waals surface area contributed by atoms with Crippen LogP contribution in [0.3, 0.4) is 0 Å². The van der Waals surface area contributed by atoms with Crippen LogP contribution in [0.2, 0.25) is 0 Å². The van der Waals surface area contributed by atoms with E-state index in [1.807, 2.05) is 60.7 Å². The predicted molar refractivity (Wildman–Crippen MR) is 124 cm³/mol. The molecule has 6 heteroatoms. The van der Waals surface area contributed by atoms with E-state index in [2.05, 4.69) is 11.0 Å². The highest BCUT2D eigenvalue weighted by molar-refractivity contribution is 7.99. The Morgan fingerprint density at radius 1 is 1.06 bits per heavy atom. The number of aromatic nitrogens is 1. The number of pyridine rings is 1. The Labute approximate surface area is 187 Å². The van der Waals surface area contributed by atoms with Gasteiger partial charge in [0.15, 0.2) is 0 Å². The van der Waals surface area contributed by atoms with Crippen molar-refractivity contribution in [3.05, 3.63) is 66.2 Å². The summed E-state index contributed by atoms with van der Waals surface area (Å²) in [4.78, 5) is 8.27. The van der Waals surface area contributed by atoms with Crippen molar-refractivity contribution in [2.24, 2.45) is 0 Å². The quantitative estimate of drug-likeness (QED) is 0.505. The first kappa shape index (κ1) is 21.4. The Morgan fingerprint density at radius 3 is 2.48 bits per heavy atom. The minimum atomic E-state index is 0.635. The minimum Gasteiger partial charge on any atom is -0.497 e. The molecule has 0 amide bonds. The first-order valence-corrected chi connectivity index (χ1v) is 11.3. The van der Waals surface area contributed by atoms with Gasteiger partial charge in [-0.3, -0.25) is 4.90 Å². The highest BCUT2D eigenvalue weighted by Gasteiger charge is 2.17. The number of morpholine rings is 1. The molecule has 2 heterocycles. The van der Waals surface area contributed by atoms with Crippen LogP contribution in [0.5, 0.6) is 5.75 Å². The Kier molecular flexibility index (Phi) is 7.21. The molecular weight excluding hydrogens is 406 g/mol. The van der Waals surface area contributed by atoms with Gasteiger partial charge in [-0.05, 0) is 30.3 Å². The van der Waals surface area contributed by atoms with Gasteiger partial charge in [0, 0.05) is 41.4 Å². The Balaban J connectivity index is 1.68. The number of nitrogens with zero attached hydrogens (tertiary/aromatic N) is 3. The zero-order chi connectivity index (χ0) is 21.5. The molecule has 1 aliphatic heterocycles. The lowest BCUT2D eigenvalue weighted by Gasteiger charge is -2.26. The molecule has 0 N–H and O–H groups in total.